The highest BCUT2D eigenvalue weighted by molar-refractivity contribution is 7.20. The van der Waals surface area contributed by atoms with E-state index in [9.17, 15) is 9.59 Å². The molecule has 0 bridgehead atoms. The van der Waals surface area contributed by atoms with Crippen molar-refractivity contribution < 1.29 is 23.8 Å². The maximum Gasteiger partial charge on any atom is 0.348 e. The zero-order valence-electron chi connectivity index (χ0n) is 16.4. The van der Waals surface area contributed by atoms with E-state index in [1.165, 1.54) is 30.7 Å². The number of rotatable bonds is 8. The molecule has 3 aromatic rings. The molecule has 3 rings (SSSR count). The number of esters is 1. The van der Waals surface area contributed by atoms with Gasteiger partial charge >= 0.3 is 5.97 Å². The fourth-order valence-electron chi connectivity index (χ4n) is 2.74. The highest BCUT2D eigenvalue weighted by Gasteiger charge is 2.17. The lowest BCUT2D eigenvalue weighted by Gasteiger charge is -2.05. The van der Waals surface area contributed by atoms with Crippen LogP contribution in [0.4, 0.5) is 0 Å². The van der Waals surface area contributed by atoms with E-state index in [1.54, 1.807) is 19.3 Å². The first-order valence-electron chi connectivity index (χ1n) is 8.95. The minimum Gasteiger partial charge on any atom is -0.491 e. The van der Waals surface area contributed by atoms with Gasteiger partial charge in [0.05, 0.1) is 13.7 Å². The van der Waals surface area contributed by atoms with E-state index in [1.807, 2.05) is 31.2 Å². The van der Waals surface area contributed by atoms with E-state index in [0.29, 0.717) is 34.2 Å². The summed E-state index contributed by atoms with van der Waals surface area (Å²) in [5.41, 5.74) is 2.07. The van der Waals surface area contributed by atoms with Crippen LogP contribution in [-0.2, 0) is 9.47 Å². The predicted octanol–water partition coefficient (Wildman–Crippen LogP) is 4.31. The Balaban J connectivity index is 1.78. The first-order chi connectivity index (χ1) is 14.0. The Morgan fingerprint density at radius 1 is 1.17 bits per heavy atom. The van der Waals surface area contributed by atoms with Crippen molar-refractivity contribution in [3.63, 3.8) is 0 Å². The summed E-state index contributed by atoms with van der Waals surface area (Å²) in [6.07, 6.45) is 4.76. The van der Waals surface area contributed by atoms with Crippen LogP contribution in [0.15, 0.2) is 42.6 Å². The summed E-state index contributed by atoms with van der Waals surface area (Å²) >= 11 is 1.26. The van der Waals surface area contributed by atoms with Crippen molar-refractivity contribution in [3.8, 4) is 5.75 Å². The van der Waals surface area contributed by atoms with Gasteiger partial charge in [-0.1, -0.05) is 18.2 Å². The number of ether oxygens (including phenoxy) is 3. The van der Waals surface area contributed by atoms with Crippen LogP contribution in [0.2, 0.25) is 0 Å². The third-order valence-electron chi connectivity index (χ3n) is 4.29. The van der Waals surface area contributed by atoms with Crippen molar-refractivity contribution in [2.45, 2.75) is 6.92 Å². The fourth-order valence-corrected chi connectivity index (χ4v) is 3.79. The number of ketones is 1. The third-order valence-corrected chi connectivity index (χ3v) is 5.49. The van der Waals surface area contributed by atoms with E-state index >= 15 is 0 Å². The van der Waals surface area contributed by atoms with Gasteiger partial charge in [0.2, 0.25) is 0 Å². The minimum absolute atomic E-state index is 0.171. The molecule has 0 saturated heterocycles. The number of hydrogen-bond donors (Lipinski definition) is 0. The van der Waals surface area contributed by atoms with Crippen molar-refractivity contribution in [1.29, 1.82) is 0 Å². The fraction of sp³-hybridized carbons (Fsp3) is 0.227. The number of benzene rings is 1. The van der Waals surface area contributed by atoms with E-state index in [4.69, 9.17) is 14.2 Å². The van der Waals surface area contributed by atoms with E-state index in [0.717, 1.165) is 16.5 Å². The molecule has 0 fully saturated rings. The summed E-state index contributed by atoms with van der Waals surface area (Å²) in [5.74, 6) is 0.144. The van der Waals surface area contributed by atoms with E-state index in [-0.39, 0.29) is 5.78 Å². The van der Waals surface area contributed by atoms with Gasteiger partial charge in [0.1, 0.15) is 22.1 Å². The molecule has 0 aliphatic heterocycles. The molecule has 0 aliphatic carbocycles. The summed E-state index contributed by atoms with van der Waals surface area (Å²) < 4.78 is 15.3. The number of hydrogen-bond acceptors (Lipinski definition) is 7. The smallest absolute Gasteiger partial charge is 0.348 e. The van der Waals surface area contributed by atoms with Crippen molar-refractivity contribution in [2.24, 2.45) is 0 Å². The summed E-state index contributed by atoms with van der Waals surface area (Å²) in [4.78, 5) is 30.0. The van der Waals surface area contributed by atoms with Crippen molar-refractivity contribution in [3.05, 3.63) is 64.2 Å². The molecule has 0 aliphatic rings. The van der Waals surface area contributed by atoms with Crippen molar-refractivity contribution in [1.82, 2.24) is 4.98 Å². The Morgan fingerprint density at radius 3 is 2.76 bits per heavy atom. The first kappa shape index (κ1) is 20.7. The molecule has 6 nitrogen and oxygen atoms in total. The zero-order valence-corrected chi connectivity index (χ0v) is 17.2. The van der Waals surface area contributed by atoms with Crippen LogP contribution < -0.4 is 4.74 Å². The lowest BCUT2D eigenvalue weighted by molar-refractivity contribution is 0.0605. The Hall–Kier alpha value is -3.03. The lowest BCUT2D eigenvalue weighted by atomic mass is 10.1. The average Bonchev–Trinajstić information content (AvgIpc) is 3.08. The number of nitrogens with zero attached hydrogens (tertiary/aromatic N) is 1. The van der Waals surface area contributed by atoms with E-state index < -0.39 is 5.97 Å². The van der Waals surface area contributed by atoms with Crippen molar-refractivity contribution >= 4 is 39.4 Å². The molecule has 0 amide bonds. The van der Waals surface area contributed by atoms with Crippen LogP contribution in [-0.4, -0.2) is 44.2 Å². The summed E-state index contributed by atoms with van der Waals surface area (Å²) in [5, 5.41) is 0.781. The van der Waals surface area contributed by atoms with Crippen LogP contribution >= 0.6 is 11.3 Å². The molecular weight excluding hydrogens is 390 g/mol. The van der Waals surface area contributed by atoms with Gasteiger partial charge in [-0.2, -0.15) is 0 Å². The second-order valence-electron chi connectivity index (χ2n) is 6.24. The van der Waals surface area contributed by atoms with Gasteiger partial charge in [0, 0.05) is 24.3 Å². The van der Waals surface area contributed by atoms with Crippen LogP contribution in [0.3, 0.4) is 0 Å². The van der Waals surface area contributed by atoms with Gasteiger partial charge in [-0.3, -0.25) is 4.79 Å². The van der Waals surface area contributed by atoms with Crippen LogP contribution in [0.25, 0.3) is 16.3 Å². The third kappa shape index (κ3) is 4.88. The van der Waals surface area contributed by atoms with Gasteiger partial charge in [0.15, 0.2) is 5.78 Å². The molecule has 0 atom stereocenters. The van der Waals surface area contributed by atoms with Crippen LogP contribution in [0.5, 0.6) is 5.75 Å². The number of allylic oxidation sites excluding steroid dienone is 1. The second-order valence-corrected chi connectivity index (χ2v) is 7.23. The first-order valence-corrected chi connectivity index (χ1v) is 9.76. The highest BCUT2D eigenvalue weighted by atomic mass is 32.1. The quantitative estimate of drug-likeness (QED) is 0.238. The van der Waals surface area contributed by atoms with Crippen LogP contribution in [0.1, 0.15) is 31.2 Å². The SMILES string of the molecule is COCCOc1cccc(C=CC(=O)c2cnc3sc(C(=O)OC)c(C)c3c2)c1. The van der Waals surface area contributed by atoms with E-state index in [2.05, 4.69) is 4.98 Å². The number of pyridine rings is 1. The highest BCUT2D eigenvalue weighted by Crippen LogP contribution is 2.30. The maximum atomic E-state index is 12.6. The number of carbonyl (C=O) groups excluding carboxylic acids is 2. The Bertz CT molecular complexity index is 1070. The Kier molecular flexibility index (Phi) is 6.74. The van der Waals surface area contributed by atoms with Crippen LogP contribution in [0, 0.1) is 6.92 Å². The zero-order chi connectivity index (χ0) is 20.8. The maximum absolute atomic E-state index is 12.6. The molecule has 0 N–H and O–H groups in total. The summed E-state index contributed by atoms with van der Waals surface area (Å²) in [6, 6.07) is 9.22. The average molecular weight is 411 g/mol. The number of aromatic nitrogens is 1. The number of aryl methyl sites for hydroxylation is 1. The predicted molar refractivity (Wildman–Crippen MR) is 113 cm³/mol. The topological polar surface area (TPSA) is 74.7 Å². The normalized spacial score (nSPS) is 11.1. The molecule has 0 unspecified atom stereocenters. The largest absolute Gasteiger partial charge is 0.491 e. The number of fused-ring (bicyclic) bond motifs is 1. The number of thiophene rings is 1. The van der Waals surface area contributed by atoms with Gasteiger partial charge in [-0.05, 0) is 42.3 Å². The molecule has 2 heterocycles. The van der Waals surface area contributed by atoms with Gasteiger partial charge < -0.3 is 14.2 Å². The molecule has 7 heteroatoms. The van der Waals surface area contributed by atoms with Gasteiger partial charge in [-0.15, -0.1) is 11.3 Å². The standard InChI is InChI=1S/C22H21NO5S/c1-14-18-12-16(13-23-21(18)29-20(14)22(25)27-3)19(24)8-7-15-5-4-6-17(11-15)28-10-9-26-2/h4-8,11-13H,9-10H2,1-3H3. The lowest BCUT2D eigenvalue weighted by Crippen LogP contribution is -2.04. The molecular formula is C22H21NO5S. The molecule has 2 aromatic heterocycles. The molecule has 29 heavy (non-hydrogen) atoms. The van der Waals surface area contributed by atoms with Crippen molar-refractivity contribution in [2.75, 3.05) is 27.4 Å². The molecule has 0 radical (unpaired) electrons. The number of carbonyl (C=O) groups is 2. The minimum atomic E-state index is -0.397. The number of methoxy groups -OCH3 is 2. The molecule has 150 valence electrons. The van der Waals surface area contributed by atoms with Gasteiger partial charge in [0.25, 0.3) is 0 Å². The Labute approximate surface area is 172 Å². The molecule has 0 spiro atoms. The Morgan fingerprint density at radius 2 is 2.00 bits per heavy atom. The monoisotopic (exact) mass is 411 g/mol. The molecule has 1 aromatic carbocycles. The summed E-state index contributed by atoms with van der Waals surface area (Å²) in [6.45, 7) is 2.79. The molecule has 0 saturated carbocycles. The summed E-state index contributed by atoms with van der Waals surface area (Å²) in [7, 11) is 2.96. The van der Waals surface area contributed by atoms with Gasteiger partial charge in [-0.25, -0.2) is 9.78 Å². The second kappa shape index (κ2) is 9.45.